The van der Waals surface area contributed by atoms with Gasteiger partial charge >= 0.3 is 0 Å². The summed E-state index contributed by atoms with van der Waals surface area (Å²) in [6, 6.07) is 3.19. The summed E-state index contributed by atoms with van der Waals surface area (Å²) in [5, 5.41) is 0. The standard InChI is InChI=1S/C13H8F3N3/c1-19-11-4-8(14)3-10(16)12(11)18-13(19)7-2-9(15)6-17-5-7/h2-6H,1H3. The lowest BCUT2D eigenvalue weighted by Crippen LogP contribution is -1.94. The molecule has 0 saturated carbocycles. The van der Waals surface area contributed by atoms with E-state index in [1.165, 1.54) is 22.9 Å². The largest absolute Gasteiger partial charge is 0.327 e. The van der Waals surface area contributed by atoms with Gasteiger partial charge in [0.15, 0.2) is 5.82 Å². The van der Waals surface area contributed by atoms with E-state index in [0.29, 0.717) is 16.9 Å². The van der Waals surface area contributed by atoms with E-state index in [-0.39, 0.29) is 5.52 Å². The van der Waals surface area contributed by atoms with Gasteiger partial charge in [-0.2, -0.15) is 0 Å². The highest BCUT2D eigenvalue weighted by Gasteiger charge is 2.15. The topological polar surface area (TPSA) is 30.7 Å². The normalized spacial score (nSPS) is 11.2. The number of pyridine rings is 1. The summed E-state index contributed by atoms with van der Waals surface area (Å²) in [5.41, 5.74) is 0.749. The average Bonchev–Trinajstić information content (AvgIpc) is 2.68. The molecule has 3 nitrogen and oxygen atoms in total. The zero-order valence-corrected chi connectivity index (χ0v) is 9.86. The van der Waals surface area contributed by atoms with Crippen molar-refractivity contribution >= 4 is 11.0 Å². The number of rotatable bonds is 1. The molecule has 6 heteroatoms. The van der Waals surface area contributed by atoms with Gasteiger partial charge in [-0.05, 0) is 12.1 Å². The molecule has 0 unspecified atom stereocenters. The van der Waals surface area contributed by atoms with Gasteiger partial charge in [-0.15, -0.1) is 0 Å². The van der Waals surface area contributed by atoms with Crippen LogP contribution in [0.4, 0.5) is 13.2 Å². The predicted molar refractivity (Wildman–Crippen MR) is 63.8 cm³/mol. The van der Waals surface area contributed by atoms with Crippen molar-refractivity contribution < 1.29 is 13.2 Å². The molecule has 2 aromatic heterocycles. The summed E-state index contributed by atoms with van der Waals surface area (Å²) < 4.78 is 41.5. The molecule has 3 aromatic rings. The lowest BCUT2D eigenvalue weighted by Gasteiger charge is -2.01. The molecule has 0 amide bonds. The highest BCUT2D eigenvalue weighted by Crippen LogP contribution is 2.25. The molecular formula is C13H8F3N3. The second kappa shape index (κ2) is 4.08. The van der Waals surface area contributed by atoms with Gasteiger partial charge in [0, 0.05) is 24.9 Å². The lowest BCUT2D eigenvalue weighted by atomic mass is 10.2. The molecule has 2 heterocycles. The minimum Gasteiger partial charge on any atom is -0.327 e. The van der Waals surface area contributed by atoms with Crippen molar-refractivity contribution in [1.82, 2.24) is 14.5 Å². The van der Waals surface area contributed by atoms with E-state index in [2.05, 4.69) is 9.97 Å². The number of aromatic nitrogens is 3. The van der Waals surface area contributed by atoms with E-state index in [0.717, 1.165) is 12.3 Å². The van der Waals surface area contributed by atoms with Crippen molar-refractivity contribution in [3.05, 3.63) is 48.0 Å². The van der Waals surface area contributed by atoms with Crippen molar-refractivity contribution in [2.45, 2.75) is 0 Å². The summed E-state index contributed by atoms with van der Waals surface area (Å²) in [4.78, 5) is 7.79. The third kappa shape index (κ3) is 1.85. The number of hydrogen-bond acceptors (Lipinski definition) is 2. The minimum absolute atomic E-state index is 0.0446. The molecule has 19 heavy (non-hydrogen) atoms. The van der Waals surface area contributed by atoms with E-state index >= 15 is 0 Å². The fourth-order valence-corrected chi connectivity index (χ4v) is 2.01. The number of hydrogen-bond donors (Lipinski definition) is 0. The summed E-state index contributed by atoms with van der Waals surface area (Å²) >= 11 is 0. The van der Waals surface area contributed by atoms with Crippen molar-refractivity contribution in [2.75, 3.05) is 0 Å². The maximum atomic E-state index is 13.6. The first-order valence-corrected chi connectivity index (χ1v) is 5.48. The first-order chi connectivity index (χ1) is 9.06. The third-order valence-corrected chi connectivity index (χ3v) is 2.87. The van der Waals surface area contributed by atoms with Crippen LogP contribution in [0.25, 0.3) is 22.4 Å². The van der Waals surface area contributed by atoms with Gasteiger partial charge in [0.05, 0.1) is 11.7 Å². The van der Waals surface area contributed by atoms with Gasteiger partial charge in [-0.3, -0.25) is 4.98 Å². The Balaban J connectivity index is 2.31. The third-order valence-electron chi connectivity index (χ3n) is 2.87. The van der Waals surface area contributed by atoms with Crippen LogP contribution >= 0.6 is 0 Å². The molecular weight excluding hydrogens is 255 g/mol. The first kappa shape index (κ1) is 11.7. The molecule has 0 aliphatic rings. The van der Waals surface area contributed by atoms with Gasteiger partial charge in [-0.1, -0.05) is 0 Å². The summed E-state index contributed by atoms with van der Waals surface area (Å²) in [6.07, 6.45) is 2.48. The van der Waals surface area contributed by atoms with Crippen LogP contribution < -0.4 is 0 Å². The fraction of sp³-hybridized carbons (Fsp3) is 0.0769. The number of fused-ring (bicyclic) bond motifs is 1. The number of nitrogens with zero attached hydrogens (tertiary/aromatic N) is 3. The zero-order valence-electron chi connectivity index (χ0n) is 9.86. The quantitative estimate of drug-likeness (QED) is 0.675. The van der Waals surface area contributed by atoms with E-state index in [1.54, 1.807) is 7.05 Å². The number of imidazole rings is 1. The second-order valence-electron chi connectivity index (χ2n) is 4.14. The summed E-state index contributed by atoms with van der Waals surface area (Å²) in [5.74, 6) is -1.62. The fourth-order valence-electron chi connectivity index (χ4n) is 2.01. The molecule has 0 radical (unpaired) electrons. The Morgan fingerprint density at radius 3 is 2.53 bits per heavy atom. The van der Waals surface area contributed by atoms with E-state index in [9.17, 15) is 13.2 Å². The van der Waals surface area contributed by atoms with Gasteiger partial charge < -0.3 is 4.57 Å². The van der Waals surface area contributed by atoms with Crippen molar-refractivity contribution in [2.24, 2.45) is 7.05 Å². The van der Waals surface area contributed by atoms with E-state index < -0.39 is 17.5 Å². The molecule has 96 valence electrons. The molecule has 0 bridgehead atoms. The lowest BCUT2D eigenvalue weighted by molar-refractivity contribution is 0.590. The molecule has 1 aromatic carbocycles. The predicted octanol–water partition coefficient (Wildman–Crippen LogP) is 3.05. The maximum Gasteiger partial charge on any atom is 0.153 e. The Kier molecular flexibility index (Phi) is 2.51. The molecule has 0 fully saturated rings. The SMILES string of the molecule is Cn1c(-c2cncc(F)c2)nc2c(F)cc(F)cc21. The summed E-state index contributed by atoms with van der Waals surface area (Å²) in [7, 11) is 1.61. The molecule has 0 atom stereocenters. The van der Waals surface area contributed by atoms with Crippen molar-refractivity contribution in [3.63, 3.8) is 0 Å². The zero-order chi connectivity index (χ0) is 13.6. The van der Waals surface area contributed by atoms with E-state index in [1.807, 2.05) is 0 Å². The Bertz CT molecular complexity index is 780. The second-order valence-corrected chi connectivity index (χ2v) is 4.14. The van der Waals surface area contributed by atoms with E-state index in [4.69, 9.17) is 0 Å². The highest BCUT2D eigenvalue weighted by molar-refractivity contribution is 5.81. The van der Waals surface area contributed by atoms with Crippen LogP contribution in [0.3, 0.4) is 0 Å². The smallest absolute Gasteiger partial charge is 0.153 e. The Morgan fingerprint density at radius 1 is 1.00 bits per heavy atom. The van der Waals surface area contributed by atoms with Crippen molar-refractivity contribution in [3.8, 4) is 11.4 Å². The Morgan fingerprint density at radius 2 is 1.79 bits per heavy atom. The Hall–Kier alpha value is -2.37. The number of halogens is 3. The van der Waals surface area contributed by atoms with Crippen LogP contribution in [0.1, 0.15) is 0 Å². The van der Waals surface area contributed by atoms with Crippen LogP contribution in [-0.2, 0) is 7.05 Å². The number of benzene rings is 1. The summed E-state index contributed by atoms with van der Waals surface area (Å²) in [6.45, 7) is 0. The van der Waals surface area contributed by atoms with Crippen molar-refractivity contribution in [1.29, 1.82) is 0 Å². The first-order valence-electron chi connectivity index (χ1n) is 5.48. The molecule has 0 N–H and O–H groups in total. The van der Waals surface area contributed by atoms with Crippen LogP contribution in [0.2, 0.25) is 0 Å². The number of aryl methyl sites for hydroxylation is 1. The Labute approximate surface area is 106 Å². The van der Waals surface area contributed by atoms with Gasteiger partial charge in [0.2, 0.25) is 0 Å². The molecule has 0 aliphatic carbocycles. The van der Waals surface area contributed by atoms with Crippen LogP contribution in [0, 0.1) is 17.5 Å². The average molecular weight is 263 g/mol. The van der Waals surface area contributed by atoms with Gasteiger partial charge in [0.25, 0.3) is 0 Å². The molecule has 3 rings (SSSR count). The van der Waals surface area contributed by atoms with Gasteiger partial charge in [0.1, 0.15) is 23.0 Å². The monoisotopic (exact) mass is 263 g/mol. The van der Waals surface area contributed by atoms with Crippen LogP contribution in [0.5, 0.6) is 0 Å². The van der Waals surface area contributed by atoms with Crippen LogP contribution in [-0.4, -0.2) is 14.5 Å². The van der Waals surface area contributed by atoms with Gasteiger partial charge in [-0.25, -0.2) is 18.2 Å². The van der Waals surface area contributed by atoms with Crippen LogP contribution in [0.15, 0.2) is 30.6 Å². The molecule has 0 saturated heterocycles. The highest BCUT2D eigenvalue weighted by atomic mass is 19.1. The molecule has 0 aliphatic heterocycles. The molecule has 0 spiro atoms. The maximum absolute atomic E-state index is 13.6. The minimum atomic E-state index is -0.749.